The van der Waals surface area contributed by atoms with E-state index in [1.807, 2.05) is 51.1 Å². The lowest BCUT2D eigenvalue weighted by Crippen LogP contribution is -2.55. The highest BCUT2D eigenvalue weighted by molar-refractivity contribution is 5.94. The van der Waals surface area contributed by atoms with E-state index in [4.69, 9.17) is 23.4 Å². The number of esters is 3. The monoisotopic (exact) mass is 588 g/mol. The first-order chi connectivity index (χ1) is 20.1. The third kappa shape index (κ3) is 4.03. The Morgan fingerprint density at radius 3 is 2.21 bits per heavy atom. The molecule has 9 nitrogen and oxygen atoms in total. The first-order valence-electron chi connectivity index (χ1n) is 14.6. The van der Waals surface area contributed by atoms with Gasteiger partial charge in [0, 0.05) is 17.0 Å². The van der Waals surface area contributed by atoms with Gasteiger partial charge in [0.2, 0.25) is 5.60 Å². The largest absolute Gasteiger partial charge is 0.483 e. The van der Waals surface area contributed by atoms with Gasteiger partial charge in [0.1, 0.15) is 22.7 Å². The molecule has 1 aliphatic carbocycles. The molecular formula is C34H36O9. The van der Waals surface area contributed by atoms with E-state index < -0.39 is 58.1 Å². The van der Waals surface area contributed by atoms with Crippen LogP contribution in [0, 0.1) is 16.7 Å². The van der Waals surface area contributed by atoms with Crippen molar-refractivity contribution in [2.45, 2.75) is 84.7 Å². The first kappa shape index (κ1) is 29.0. The molecule has 0 radical (unpaired) electrons. The van der Waals surface area contributed by atoms with Crippen LogP contribution in [0.25, 0.3) is 22.3 Å². The van der Waals surface area contributed by atoms with Gasteiger partial charge in [0.15, 0.2) is 17.6 Å². The van der Waals surface area contributed by atoms with E-state index in [0.29, 0.717) is 29.9 Å². The summed E-state index contributed by atoms with van der Waals surface area (Å²) in [7, 11) is 0. The van der Waals surface area contributed by atoms with Crippen LogP contribution >= 0.6 is 0 Å². The number of benzene rings is 2. The van der Waals surface area contributed by atoms with Gasteiger partial charge in [-0.3, -0.25) is 14.4 Å². The maximum Gasteiger partial charge on any atom is 0.351 e. The summed E-state index contributed by atoms with van der Waals surface area (Å²) < 4.78 is 30.9. The van der Waals surface area contributed by atoms with Crippen molar-refractivity contribution < 1.29 is 37.7 Å². The molecule has 1 aromatic heterocycles. The van der Waals surface area contributed by atoms with Gasteiger partial charge in [-0.2, -0.15) is 0 Å². The fourth-order valence-corrected chi connectivity index (χ4v) is 6.68. The molecule has 1 saturated carbocycles. The van der Waals surface area contributed by atoms with E-state index in [2.05, 4.69) is 0 Å². The lowest BCUT2D eigenvalue weighted by molar-refractivity contribution is -0.208. The van der Waals surface area contributed by atoms with Crippen molar-refractivity contribution >= 4 is 28.9 Å². The zero-order valence-electron chi connectivity index (χ0n) is 25.4. The molecule has 2 fully saturated rings. The summed E-state index contributed by atoms with van der Waals surface area (Å²) in [6.07, 6.45) is -1.62. The number of hydrogen-bond donors (Lipinski definition) is 0. The van der Waals surface area contributed by atoms with Crippen LogP contribution in [0.4, 0.5) is 0 Å². The third-order valence-electron chi connectivity index (χ3n) is 9.93. The number of carbonyl (C=O) groups excluding carboxylic acids is 3. The minimum absolute atomic E-state index is 0.152. The van der Waals surface area contributed by atoms with Crippen LogP contribution in [0.1, 0.15) is 73.0 Å². The summed E-state index contributed by atoms with van der Waals surface area (Å²) in [5.41, 5.74) is -3.62. The zero-order valence-corrected chi connectivity index (χ0v) is 25.4. The second-order valence-corrected chi connectivity index (χ2v) is 13.4. The smallest absolute Gasteiger partial charge is 0.351 e. The summed E-state index contributed by atoms with van der Waals surface area (Å²) in [4.78, 5) is 53.7. The highest BCUT2D eigenvalue weighted by atomic mass is 16.6. The SMILES string of the molecule is CC(C)C(=O)O[C@@H]1[C@H](OC(=O)[C@@]23CC[C@@](C)(C(=O)O2)C3(C)C)c2c(ccc3c(=O)cc(-c4ccccc4)oc23)OC1(C)C. The maximum absolute atomic E-state index is 14.3. The number of ether oxygens (including phenoxy) is 4. The van der Waals surface area contributed by atoms with Crippen molar-refractivity contribution in [1.82, 2.24) is 0 Å². The molecule has 1 saturated heterocycles. The van der Waals surface area contributed by atoms with Gasteiger partial charge in [-0.1, -0.05) is 58.0 Å². The zero-order chi connectivity index (χ0) is 31.1. The molecule has 2 bridgehead atoms. The Kier molecular flexibility index (Phi) is 6.35. The highest BCUT2D eigenvalue weighted by Gasteiger charge is 2.77. The topological polar surface area (TPSA) is 118 Å². The predicted molar refractivity (Wildman–Crippen MR) is 156 cm³/mol. The molecule has 3 aromatic rings. The Bertz CT molecular complexity index is 1720. The van der Waals surface area contributed by atoms with E-state index in [0.717, 1.165) is 0 Å². The van der Waals surface area contributed by atoms with Crippen molar-refractivity contribution in [3.05, 3.63) is 64.3 Å². The Hall–Kier alpha value is -4.14. The summed E-state index contributed by atoms with van der Waals surface area (Å²) in [5, 5.41) is 0.246. The molecule has 43 heavy (non-hydrogen) atoms. The van der Waals surface area contributed by atoms with Crippen LogP contribution in [0.5, 0.6) is 5.75 Å². The molecule has 0 unspecified atom stereocenters. The molecule has 6 rings (SSSR count). The Balaban J connectivity index is 1.55. The number of hydrogen-bond acceptors (Lipinski definition) is 9. The minimum Gasteiger partial charge on any atom is -0.483 e. The number of rotatable bonds is 5. The minimum atomic E-state index is -1.53. The fraction of sp³-hybridized carbons (Fsp3) is 0.471. The van der Waals surface area contributed by atoms with Crippen LogP contribution in [0.2, 0.25) is 0 Å². The van der Waals surface area contributed by atoms with E-state index in [1.54, 1.807) is 39.8 Å². The van der Waals surface area contributed by atoms with Crippen molar-refractivity contribution in [3.8, 4) is 17.1 Å². The summed E-state index contributed by atoms with van der Waals surface area (Å²) in [6.45, 7) is 12.4. The van der Waals surface area contributed by atoms with Gasteiger partial charge in [0.05, 0.1) is 22.3 Å². The van der Waals surface area contributed by atoms with E-state index in [1.165, 1.54) is 6.07 Å². The predicted octanol–water partition coefficient (Wildman–Crippen LogP) is 5.91. The van der Waals surface area contributed by atoms with Gasteiger partial charge in [0.25, 0.3) is 0 Å². The molecular weight excluding hydrogens is 552 g/mol. The average Bonchev–Trinajstić information content (AvgIpc) is 3.24. The normalized spacial score (nSPS) is 28.2. The molecule has 0 spiro atoms. The molecule has 226 valence electrons. The molecule has 0 amide bonds. The average molecular weight is 589 g/mol. The molecule has 4 atom stereocenters. The fourth-order valence-electron chi connectivity index (χ4n) is 6.68. The van der Waals surface area contributed by atoms with Gasteiger partial charge >= 0.3 is 17.9 Å². The van der Waals surface area contributed by atoms with Crippen LogP contribution < -0.4 is 10.2 Å². The molecule has 9 heteroatoms. The van der Waals surface area contributed by atoms with Gasteiger partial charge in [-0.25, -0.2) is 4.79 Å². The van der Waals surface area contributed by atoms with Crippen LogP contribution in [-0.2, 0) is 28.6 Å². The quantitative estimate of drug-likeness (QED) is 0.265. The molecule has 2 aliphatic heterocycles. The molecule has 3 heterocycles. The summed E-state index contributed by atoms with van der Waals surface area (Å²) >= 11 is 0. The summed E-state index contributed by atoms with van der Waals surface area (Å²) in [5.74, 6) is -1.56. The van der Waals surface area contributed by atoms with Crippen LogP contribution in [0.3, 0.4) is 0 Å². The van der Waals surface area contributed by atoms with E-state index >= 15 is 0 Å². The van der Waals surface area contributed by atoms with E-state index in [9.17, 15) is 19.2 Å². The number of carbonyl (C=O) groups is 3. The molecule has 2 aromatic carbocycles. The molecule has 3 aliphatic rings. The van der Waals surface area contributed by atoms with Gasteiger partial charge in [-0.05, 0) is 45.7 Å². The first-order valence-corrected chi connectivity index (χ1v) is 14.6. The van der Waals surface area contributed by atoms with Gasteiger partial charge in [-0.15, -0.1) is 0 Å². The van der Waals surface area contributed by atoms with E-state index in [-0.39, 0.29) is 22.0 Å². The van der Waals surface area contributed by atoms with Crippen molar-refractivity contribution in [2.75, 3.05) is 0 Å². The second-order valence-electron chi connectivity index (χ2n) is 13.4. The number of fused-ring (bicyclic) bond motifs is 5. The maximum atomic E-state index is 14.3. The molecule has 0 N–H and O–H groups in total. The summed E-state index contributed by atoms with van der Waals surface area (Å²) in [6, 6.07) is 13.8. The third-order valence-corrected chi connectivity index (χ3v) is 9.93. The lowest BCUT2D eigenvalue weighted by atomic mass is 9.66. The van der Waals surface area contributed by atoms with Crippen molar-refractivity contribution in [3.63, 3.8) is 0 Å². The Morgan fingerprint density at radius 2 is 1.60 bits per heavy atom. The second kappa shape index (κ2) is 9.43. The highest BCUT2D eigenvalue weighted by Crippen LogP contribution is 2.66. The Morgan fingerprint density at radius 1 is 0.907 bits per heavy atom. The van der Waals surface area contributed by atoms with Crippen LogP contribution in [0.15, 0.2) is 57.7 Å². The van der Waals surface area contributed by atoms with Gasteiger partial charge < -0.3 is 23.4 Å². The van der Waals surface area contributed by atoms with Crippen molar-refractivity contribution in [1.29, 1.82) is 0 Å². The van der Waals surface area contributed by atoms with Crippen molar-refractivity contribution in [2.24, 2.45) is 16.7 Å². The Labute approximate surface area is 249 Å². The standard InChI is InChI=1S/C34H36O9/c1-18(2)28(36)41-27-26(40-30(38)34-16-15-33(7,29(37)43-34)32(34,5)6)24-22(42-31(27,3)4)14-13-20-21(35)17-23(39-25(20)24)19-11-9-8-10-12-19/h8-14,17-18,26-27H,15-16H2,1-7H3/t26-,27-,33+,34-/m1/s1. The lowest BCUT2D eigenvalue weighted by Gasteiger charge is -2.44. The van der Waals surface area contributed by atoms with Crippen LogP contribution in [-0.4, -0.2) is 35.2 Å².